The minimum absolute atomic E-state index is 0.0217. The first kappa shape index (κ1) is 29.0. The summed E-state index contributed by atoms with van der Waals surface area (Å²) in [6.07, 6.45) is 5.18. The molecule has 1 aliphatic rings. The van der Waals surface area contributed by atoms with Gasteiger partial charge in [-0.1, -0.05) is 36.4 Å². The van der Waals surface area contributed by atoms with Gasteiger partial charge in [0.2, 0.25) is 0 Å². The largest absolute Gasteiger partial charge is 0.480 e. The maximum Gasteiger partial charge on any atom is 0.343 e. The van der Waals surface area contributed by atoms with Crippen molar-refractivity contribution in [3.8, 4) is 5.75 Å². The molecule has 14 heteroatoms. The third-order valence-corrected chi connectivity index (χ3v) is 6.63. The fraction of sp³-hybridized carbons (Fsp3) is 0.200. The number of aromatic carboxylic acids is 1. The van der Waals surface area contributed by atoms with Gasteiger partial charge in [-0.15, -0.1) is 0 Å². The Labute approximate surface area is 224 Å². The van der Waals surface area contributed by atoms with Crippen molar-refractivity contribution >= 4 is 34.1 Å². The molecule has 3 rings (SSSR count). The van der Waals surface area contributed by atoms with E-state index in [2.05, 4.69) is 14.8 Å². The van der Waals surface area contributed by atoms with E-state index in [-0.39, 0.29) is 36.3 Å². The van der Waals surface area contributed by atoms with Crippen molar-refractivity contribution in [2.45, 2.75) is 31.5 Å². The number of carbonyl (C=O) groups excluding carboxylic acids is 1. The average molecular weight is 558 g/mol. The van der Waals surface area contributed by atoms with Gasteiger partial charge in [0.25, 0.3) is 10.2 Å². The zero-order chi connectivity index (χ0) is 28.6. The van der Waals surface area contributed by atoms with Gasteiger partial charge < -0.3 is 26.0 Å². The van der Waals surface area contributed by atoms with Crippen LogP contribution in [0.2, 0.25) is 0 Å². The van der Waals surface area contributed by atoms with E-state index in [1.54, 1.807) is 30.4 Å². The number of hydrogen-bond acceptors (Lipinski definition) is 7. The number of carboxylic acid groups (broad SMARTS) is 2. The van der Waals surface area contributed by atoms with Gasteiger partial charge in [0, 0.05) is 6.54 Å². The maximum atomic E-state index is 12.5. The van der Waals surface area contributed by atoms with Gasteiger partial charge in [-0.05, 0) is 54.3 Å². The quantitative estimate of drug-likeness (QED) is 0.0835. The zero-order valence-corrected chi connectivity index (χ0v) is 21.3. The Morgan fingerprint density at radius 3 is 2.23 bits per heavy atom. The van der Waals surface area contributed by atoms with E-state index in [0.29, 0.717) is 23.1 Å². The number of guanidine groups is 1. The molecule has 0 aromatic heterocycles. The molecule has 1 aliphatic carbocycles. The first-order valence-electron chi connectivity index (χ1n) is 11.5. The number of benzene rings is 2. The van der Waals surface area contributed by atoms with E-state index in [0.717, 1.165) is 0 Å². The molecule has 0 amide bonds. The predicted octanol–water partition coefficient (Wildman–Crippen LogP) is 0.648. The van der Waals surface area contributed by atoms with Crippen LogP contribution in [-0.2, 0) is 32.8 Å². The SMILES string of the molecule is N=C(N)NC1C=CC(C(=O)Oc2ccc(CNS(=O)(=O)N[C@@H](Cc3ccc(C(=O)O)cc3)C(=O)O)cc2)=CC1. The normalized spacial score (nSPS) is 15.6. The van der Waals surface area contributed by atoms with Crippen LogP contribution in [0, 0.1) is 5.41 Å². The van der Waals surface area contributed by atoms with Crippen LogP contribution in [-0.4, -0.2) is 54.6 Å². The molecule has 0 saturated carbocycles. The third kappa shape index (κ3) is 9.07. The first-order chi connectivity index (χ1) is 18.4. The molecular formula is C25H27N5O8S. The van der Waals surface area contributed by atoms with Gasteiger partial charge in [-0.25, -0.2) is 9.59 Å². The molecule has 8 N–H and O–H groups in total. The van der Waals surface area contributed by atoms with Crippen LogP contribution in [0.1, 0.15) is 27.9 Å². The molecule has 0 aliphatic heterocycles. The summed E-state index contributed by atoms with van der Waals surface area (Å²) in [6.45, 7) is -0.165. The molecule has 0 heterocycles. The molecule has 206 valence electrons. The van der Waals surface area contributed by atoms with Crippen LogP contribution in [0.3, 0.4) is 0 Å². The molecule has 0 fully saturated rings. The Kier molecular flexibility index (Phi) is 9.54. The molecule has 0 radical (unpaired) electrons. The zero-order valence-electron chi connectivity index (χ0n) is 20.5. The van der Waals surface area contributed by atoms with Crippen LogP contribution in [0.5, 0.6) is 5.75 Å². The fourth-order valence-corrected chi connectivity index (χ4v) is 4.52. The highest BCUT2D eigenvalue weighted by atomic mass is 32.2. The van der Waals surface area contributed by atoms with Gasteiger partial charge in [0.1, 0.15) is 11.8 Å². The minimum Gasteiger partial charge on any atom is -0.480 e. The van der Waals surface area contributed by atoms with E-state index in [9.17, 15) is 27.9 Å². The Morgan fingerprint density at radius 1 is 1.05 bits per heavy atom. The van der Waals surface area contributed by atoms with Crippen LogP contribution in [0.4, 0.5) is 0 Å². The molecule has 0 spiro atoms. The summed E-state index contributed by atoms with van der Waals surface area (Å²) in [4.78, 5) is 34.9. The number of ether oxygens (including phenoxy) is 1. The summed E-state index contributed by atoms with van der Waals surface area (Å²) in [7, 11) is -4.22. The number of esters is 1. The fourth-order valence-electron chi connectivity index (χ4n) is 3.53. The first-order valence-corrected chi connectivity index (χ1v) is 13.0. The number of rotatable bonds is 12. The lowest BCUT2D eigenvalue weighted by atomic mass is 10.0. The smallest absolute Gasteiger partial charge is 0.343 e. The van der Waals surface area contributed by atoms with Crippen molar-refractivity contribution in [2.24, 2.45) is 5.73 Å². The number of carbonyl (C=O) groups is 3. The second kappa shape index (κ2) is 12.8. The molecule has 2 aromatic rings. The van der Waals surface area contributed by atoms with Crippen molar-refractivity contribution < 1.29 is 37.8 Å². The van der Waals surface area contributed by atoms with E-state index in [1.807, 2.05) is 0 Å². The van der Waals surface area contributed by atoms with Crippen LogP contribution in [0.25, 0.3) is 0 Å². The Balaban J connectivity index is 1.52. The van der Waals surface area contributed by atoms with E-state index < -0.39 is 34.2 Å². The Morgan fingerprint density at radius 2 is 1.69 bits per heavy atom. The third-order valence-electron chi connectivity index (χ3n) is 5.51. The number of nitrogens with one attached hydrogen (secondary N) is 4. The summed E-state index contributed by atoms with van der Waals surface area (Å²) < 4.78 is 34.6. The van der Waals surface area contributed by atoms with Crippen LogP contribution < -0.4 is 25.2 Å². The molecule has 0 saturated heterocycles. The van der Waals surface area contributed by atoms with Gasteiger partial charge in [0.15, 0.2) is 5.96 Å². The van der Waals surface area contributed by atoms with E-state index in [1.165, 1.54) is 36.4 Å². The van der Waals surface area contributed by atoms with Crippen molar-refractivity contribution in [1.82, 2.24) is 14.8 Å². The minimum atomic E-state index is -4.22. The lowest BCUT2D eigenvalue weighted by Gasteiger charge is -2.17. The molecular weight excluding hydrogens is 530 g/mol. The van der Waals surface area contributed by atoms with E-state index in [4.69, 9.17) is 21.0 Å². The summed E-state index contributed by atoms with van der Waals surface area (Å²) in [5.74, 6) is -3.05. The second-order valence-corrected chi connectivity index (χ2v) is 10.0. The summed E-state index contributed by atoms with van der Waals surface area (Å²) >= 11 is 0. The predicted molar refractivity (Wildman–Crippen MR) is 140 cm³/mol. The summed E-state index contributed by atoms with van der Waals surface area (Å²) in [6, 6.07) is 9.82. The monoisotopic (exact) mass is 557 g/mol. The number of carboxylic acids is 2. The Hall–Kier alpha value is -4.53. The van der Waals surface area contributed by atoms with Gasteiger partial charge in [0.05, 0.1) is 17.2 Å². The van der Waals surface area contributed by atoms with Crippen molar-refractivity contribution in [1.29, 1.82) is 5.41 Å². The molecule has 39 heavy (non-hydrogen) atoms. The Bertz CT molecular complexity index is 1400. The molecule has 1 unspecified atom stereocenters. The number of aliphatic carboxylic acids is 1. The summed E-state index contributed by atoms with van der Waals surface area (Å²) in [5.41, 5.74) is 6.61. The lowest BCUT2D eigenvalue weighted by molar-refractivity contribution is -0.139. The number of hydrogen-bond donors (Lipinski definition) is 7. The van der Waals surface area contributed by atoms with E-state index >= 15 is 0 Å². The molecule has 13 nitrogen and oxygen atoms in total. The second-order valence-electron chi connectivity index (χ2n) is 8.49. The van der Waals surface area contributed by atoms with Crippen LogP contribution in [0.15, 0.2) is 72.3 Å². The highest BCUT2D eigenvalue weighted by molar-refractivity contribution is 7.87. The van der Waals surface area contributed by atoms with Crippen molar-refractivity contribution in [2.75, 3.05) is 0 Å². The average Bonchev–Trinajstić information content (AvgIpc) is 2.88. The van der Waals surface area contributed by atoms with Crippen LogP contribution >= 0.6 is 0 Å². The standard InChI is InChI=1S/C25H27N5O8S/c26-25(27)29-19-9-7-18(8-10-19)24(35)38-20-11-3-16(4-12-20)14-28-39(36,37)30-21(23(33)34)13-15-1-5-17(6-2-15)22(31)32/h1-9,11-12,19,21,28,30H,10,13-14H2,(H,31,32)(H,33,34)(H4,26,27,29)/t19?,21-/m0/s1. The molecule has 0 bridgehead atoms. The highest BCUT2D eigenvalue weighted by Crippen LogP contribution is 2.17. The van der Waals surface area contributed by atoms with Gasteiger partial charge >= 0.3 is 17.9 Å². The number of nitrogens with two attached hydrogens (primary N) is 1. The maximum absolute atomic E-state index is 12.5. The molecule has 2 aromatic carbocycles. The summed E-state index contributed by atoms with van der Waals surface area (Å²) in [5, 5.41) is 28.4. The van der Waals surface area contributed by atoms with Crippen molar-refractivity contribution in [3.63, 3.8) is 0 Å². The topological polar surface area (TPSA) is 221 Å². The highest BCUT2D eigenvalue weighted by Gasteiger charge is 2.24. The van der Waals surface area contributed by atoms with Gasteiger partial charge in [-0.2, -0.15) is 17.9 Å². The van der Waals surface area contributed by atoms with Gasteiger partial charge in [-0.3, -0.25) is 10.2 Å². The van der Waals surface area contributed by atoms with Crippen molar-refractivity contribution in [3.05, 3.63) is 89.0 Å². The molecule has 2 atom stereocenters. The lowest BCUT2D eigenvalue weighted by Crippen LogP contribution is -2.47.